The van der Waals surface area contributed by atoms with E-state index >= 15 is 0 Å². The number of aryl methyl sites for hydroxylation is 2. The number of hydrogen-bond acceptors (Lipinski definition) is 5. The molecule has 2 aromatic rings. The summed E-state index contributed by atoms with van der Waals surface area (Å²) in [7, 11) is 1.85. The maximum atomic E-state index is 12.4. The molecule has 2 heterocycles. The molecule has 1 aromatic carbocycles. The fraction of sp³-hybridized carbons (Fsp3) is 0.476. The lowest BCUT2D eigenvalue weighted by Gasteiger charge is -2.34. The number of piperazine rings is 1. The van der Waals surface area contributed by atoms with Gasteiger partial charge in [-0.3, -0.25) is 19.2 Å². The van der Waals surface area contributed by atoms with Crippen LogP contribution in [0.1, 0.15) is 22.5 Å². The molecular formula is C21H28N4O3. The van der Waals surface area contributed by atoms with Crippen molar-refractivity contribution in [3.63, 3.8) is 0 Å². The zero-order valence-electron chi connectivity index (χ0n) is 16.9. The van der Waals surface area contributed by atoms with Gasteiger partial charge in [0.25, 0.3) is 5.91 Å². The molecule has 0 bridgehead atoms. The molecule has 0 spiro atoms. The van der Waals surface area contributed by atoms with Crippen molar-refractivity contribution in [2.45, 2.75) is 26.8 Å². The second-order valence-electron chi connectivity index (χ2n) is 7.25. The van der Waals surface area contributed by atoms with E-state index in [1.54, 1.807) is 9.58 Å². The van der Waals surface area contributed by atoms with Crippen LogP contribution in [-0.2, 0) is 34.3 Å². The highest BCUT2D eigenvalue weighted by Crippen LogP contribution is 2.13. The summed E-state index contributed by atoms with van der Waals surface area (Å²) in [5.74, 6) is -0.525. The minimum absolute atomic E-state index is 0.132. The van der Waals surface area contributed by atoms with E-state index in [0.29, 0.717) is 13.1 Å². The molecule has 0 unspecified atom stereocenters. The number of rotatable bonds is 6. The molecule has 28 heavy (non-hydrogen) atoms. The van der Waals surface area contributed by atoms with E-state index in [9.17, 15) is 9.59 Å². The number of benzene rings is 1. The van der Waals surface area contributed by atoms with E-state index in [0.717, 1.165) is 36.6 Å². The van der Waals surface area contributed by atoms with Crippen LogP contribution < -0.4 is 0 Å². The third kappa shape index (κ3) is 4.98. The van der Waals surface area contributed by atoms with Crippen LogP contribution in [0.3, 0.4) is 0 Å². The van der Waals surface area contributed by atoms with Crippen LogP contribution in [0.5, 0.6) is 0 Å². The number of esters is 1. The number of hydrogen-bond donors (Lipinski definition) is 0. The maximum absolute atomic E-state index is 12.4. The standard InChI is InChI=1S/C21H28N4O3/c1-16-19(17(2)23(3)22-16)13-21(27)28-15-20(26)25-11-9-24(10-12-25)14-18-7-5-4-6-8-18/h4-8H,9-15H2,1-3H3. The molecule has 0 aliphatic carbocycles. The van der Waals surface area contributed by atoms with E-state index in [2.05, 4.69) is 22.1 Å². The fourth-order valence-electron chi connectivity index (χ4n) is 3.50. The van der Waals surface area contributed by atoms with E-state index in [1.807, 2.05) is 39.1 Å². The van der Waals surface area contributed by atoms with Crippen molar-refractivity contribution in [1.82, 2.24) is 19.6 Å². The fourth-order valence-corrected chi connectivity index (χ4v) is 3.50. The Morgan fingerprint density at radius 3 is 2.36 bits per heavy atom. The molecule has 1 amide bonds. The monoisotopic (exact) mass is 384 g/mol. The first kappa shape index (κ1) is 20.1. The number of carbonyl (C=O) groups excluding carboxylic acids is 2. The Bertz CT molecular complexity index is 824. The van der Waals surface area contributed by atoms with Crippen LogP contribution in [-0.4, -0.2) is 64.2 Å². The van der Waals surface area contributed by atoms with E-state index in [1.165, 1.54) is 5.56 Å². The summed E-state index contributed by atoms with van der Waals surface area (Å²) in [4.78, 5) is 28.6. The average molecular weight is 384 g/mol. The predicted octanol–water partition coefficient (Wildman–Crippen LogP) is 1.47. The van der Waals surface area contributed by atoms with E-state index in [-0.39, 0.29) is 18.9 Å². The Morgan fingerprint density at radius 1 is 1.07 bits per heavy atom. The molecule has 3 rings (SSSR count). The molecule has 1 fully saturated rings. The average Bonchev–Trinajstić information content (AvgIpc) is 2.93. The van der Waals surface area contributed by atoms with Crippen LogP contribution in [0.15, 0.2) is 30.3 Å². The van der Waals surface area contributed by atoms with E-state index < -0.39 is 5.97 Å². The molecule has 1 aliphatic heterocycles. The number of ether oxygens (including phenoxy) is 1. The van der Waals surface area contributed by atoms with E-state index in [4.69, 9.17) is 4.74 Å². The van der Waals surface area contributed by atoms with Crippen molar-refractivity contribution in [1.29, 1.82) is 0 Å². The van der Waals surface area contributed by atoms with Crippen molar-refractivity contribution in [3.8, 4) is 0 Å². The van der Waals surface area contributed by atoms with Gasteiger partial charge in [0.05, 0.1) is 12.1 Å². The van der Waals surface area contributed by atoms with Gasteiger partial charge in [0, 0.05) is 51.0 Å². The van der Waals surface area contributed by atoms with Crippen molar-refractivity contribution >= 4 is 11.9 Å². The molecule has 0 saturated carbocycles. The lowest BCUT2D eigenvalue weighted by atomic mass is 10.1. The lowest BCUT2D eigenvalue weighted by Crippen LogP contribution is -2.49. The highest BCUT2D eigenvalue weighted by atomic mass is 16.5. The third-order valence-corrected chi connectivity index (χ3v) is 5.31. The minimum atomic E-state index is -0.393. The van der Waals surface area contributed by atoms with Gasteiger partial charge in [0.2, 0.25) is 0 Å². The maximum Gasteiger partial charge on any atom is 0.310 e. The van der Waals surface area contributed by atoms with Crippen molar-refractivity contribution in [2.75, 3.05) is 32.8 Å². The molecule has 1 aromatic heterocycles. The first-order valence-corrected chi connectivity index (χ1v) is 9.63. The number of carbonyl (C=O) groups is 2. The van der Waals surface area contributed by atoms with Crippen LogP contribution in [0.25, 0.3) is 0 Å². The zero-order chi connectivity index (χ0) is 20.1. The number of amides is 1. The quantitative estimate of drug-likeness (QED) is 0.706. The second-order valence-corrected chi connectivity index (χ2v) is 7.25. The first-order chi connectivity index (χ1) is 13.4. The summed E-state index contributed by atoms with van der Waals surface area (Å²) in [6, 6.07) is 10.3. The van der Waals surface area contributed by atoms with Crippen molar-refractivity contribution in [2.24, 2.45) is 7.05 Å². The van der Waals surface area contributed by atoms with Gasteiger partial charge in [0.1, 0.15) is 0 Å². The first-order valence-electron chi connectivity index (χ1n) is 9.63. The predicted molar refractivity (Wildman–Crippen MR) is 106 cm³/mol. The van der Waals surface area contributed by atoms with Gasteiger partial charge in [-0.1, -0.05) is 30.3 Å². The molecule has 7 nitrogen and oxygen atoms in total. The molecule has 0 atom stereocenters. The Morgan fingerprint density at radius 2 is 1.75 bits per heavy atom. The summed E-state index contributed by atoms with van der Waals surface area (Å²) < 4.78 is 6.97. The minimum Gasteiger partial charge on any atom is -0.455 e. The summed E-state index contributed by atoms with van der Waals surface area (Å²) >= 11 is 0. The Balaban J connectivity index is 1.41. The summed E-state index contributed by atoms with van der Waals surface area (Å²) in [5, 5.41) is 4.30. The summed E-state index contributed by atoms with van der Waals surface area (Å²) in [6.07, 6.45) is 0.143. The van der Waals surface area contributed by atoms with Crippen LogP contribution in [0.4, 0.5) is 0 Å². The number of aromatic nitrogens is 2. The van der Waals surface area contributed by atoms with Crippen molar-refractivity contribution in [3.05, 3.63) is 52.8 Å². The molecule has 1 saturated heterocycles. The molecule has 7 heteroatoms. The number of nitrogens with zero attached hydrogens (tertiary/aromatic N) is 4. The molecule has 0 radical (unpaired) electrons. The highest BCUT2D eigenvalue weighted by molar-refractivity contribution is 5.81. The highest BCUT2D eigenvalue weighted by Gasteiger charge is 2.22. The SMILES string of the molecule is Cc1nn(C)c(C)c1CC(=O)OCC(=O)N1CCN(Cc2ccccc2)CC1. The third-order valence-electron chi connectivity index (χ3n) is 5.31. The van der Waals surface area contributed by atoms with Crippen LogP contribution in [0.2, 0.25) is 0 Å². The topological polar surface area (TPSA) is 67.7 Å². The van der Waals surface area contributed by atoms with Crippen LogP contribution >= 0.6 is 0 Å². The normalized spacial score (nSPS) is 14.9. The molecule has 1 aliphatic rings. The van der Waals surface area contributed by atoms with Gasteiger partial charge in [0.15, 0.2) is 6.61 Å². The summed E-state index contributed by atoms with van der Waals surface area (Å²) in [6.45, 7) is 7.44. The largest absolute Gasteiger partial charge is 0.455 e. The Hall–Kier alpha value is -2.67. The van der Waals surface area contributed by atoms with Gasteiger partial charge in [-0.05, 0) is 19.4 Å². The van der Waals surface area contributed by atoms with Gasteiger partial charge in [-0.25, -0.2) is 0 Å². The van der Waals surface area contributed by atoms with Crippen molar-refractivity contribution < 1.29 is 14.3 Å². The zero-order valence-corrected chi connectivity index (χ0v) is 16.9. The molecule has 0 N–H and O–H groups in total. The molecular weight excluding hydrogens is 356 g/mol. The van der Waals surface area contributed by atoms with Crippen LogP contribution in [0, 0.1) is 13.8 Å². The molecule has 150 valence electrons. The lowest BCUT2D eigenvalue weighted by molar-refractivity contribution is -0.152. The Kier molecular flexibility index (Phi) is 6.46. The van der Waals surface area contributed by atoms with Gasteiger partial charge < -0.3 is 9.64 Å². The van der Waals surface area contributed by atoms with Gasteiger partial charge in [-0.2, -0.15) is 5.10 Å². The Labute approximate surface area is 165 Å². The van der Waals surface area contributed by atoms with Gasteiger partial charge >= 0.3 is 5.97 Å². The smallest absolute Gasteiger partial charge is 0.310 e. The summed E-state index contributed by atoms with van der Waals surface area (Å²) in [5.41, 5.74) is 3.90. The van der Waals surface area contributed by atoms with Gasteiger partial charge in [-0.15, -0.1) is 0 Å². The second kappa shape index (κ2) is 9.01.